The lowest BCUT2D eigenvalue weighted by molar-refractivity contribution is -0.258. The lowest BCUT2D eigenvalue weighted by Crippen LogP contribution is -2.29. The molecule has 0 amide bonds. The van der Waals surface area contributed by atoms with Crippen molar-refractivity contribution >= 4 is 5.97 Å². The Morgan fingerprint density at radius 3 is 2.27 bits per heavy atom. The smallest absolute Gasteiger partial charge is 0.421 e. The van der Waals surface area contributed by atoms with Gasteiger partial charge in [-0.25, -0.2) is 0 Å². The zero-order valence-corrected chi connectivity index (χ0v) is 5.32. The summed E-state index contributed by atoms with van der Waals surface area (Å²) in [7, 11) is 0. The third-order valence-corrected chi connectivity index (χ3v) is 0.696. The quantitative estimate of drug-likeness (QED) is 0.468. The SMILES string of the molecule is [CH2]CC(=O)OC(F)C(F)(F)F. The fraction of sp³-hybridized carbons (Fsp3) is 0.600. The molecule has 1 unspecified atom stereocenters. The van der Waals surface area contributed by atoms with Gasteiger partial charge >= 0.3 is 18.5 Å². The third kappa shape index (κ3) is 3.79. The molecule has 2 nitrogen and oxygen atoms in total. The molecule has 0 aromatic heterocycles. The second-order valence-electron chi connectivity index (χ2n) is 1.60. The second-order valence-corrected chi connectivity index (χ2v) is 1.60. The van der Waals surface area contributed by atoms with Crippen LogP contribution in [0.15, 0.2) is 0 Å². The Morgan fingerprint density at radius 2 is 2.00 bits per heavy atom. The molecule has 0 aliphatic heterocycles. The van der Waals surface area contributed by atoms with Crippen LogP contribution in [0.3, 0.4) is 0 Å². The Labute approximate surface area is 60.1 Å². The molecule has 0 heterocycles. The molecule has 0 spiro atoms. The number of ether oxygens (including phenoxy) is 1. The van der Waals surface area contributed by atoms with Crippen LogP contribution in [0, 0.1) is 6.92 Å². The van der Waals surface area contributed by atoms with E-state index in [4.69, 9.17) is 0 Å². The van der Waals surface area contributed by atoms with Gasteiger partial charge in [-0.2, -0.15) is 17.6 Å². The molecule has 6 heteroatoms. The largest absolute Gasteiger partial charge is 0.457 e. The van der Waals surface area contributed by atoms with E-state index in [1.165, 1.54) is 0 Å². The fourth-order valence-electron chi connectivity index (χ4n) is 0.241. The first-order chi connectivity index (χ1) is 4.88. The van der Waals surface area contributed by atoms with Gasteiger partial charge in [-0.1, -0.05) is 0 Å². The van der Waals surface area contributed by atoms with Crippen molar-refractivity contribution in [2.45, 2.75) is 19.0 Å². The fourth-order valence-corrected chi connectivity index (χ4v) is 0.241. The number of hydrogen-bond acceptors (Lipinski definition) is 2. The molecule has 1 radical (unpaired) electrons. The number of rotatable bonds is 2. The molecule has 65 valence electrons. The van der Waals surface area contributed by atoms with Crippen LogP contribution in [-0.2, 0) is 9.53 Å². The van der Waals surface area contributed by atoms with Gasteiger partial charge in [0.1, 0.15) is 0 Å². The molecule has 0 aliphatic rings. The van der Waals surface area contributed by atoms with E-state index in [2.05, 4.69) is 11.7 Å². The molecule has 0 aromatic carbocycles. The van der Waals surface area contributed by atoms with Crippen LogP contribution in [0.1, 0.15) is 6.42 Å². The summed E-state index contributed by atoms with van der Waals surface area (Å²) in [4.78, 5) is 10.0. The Hall–Kier alpha value is -0.810. The van der Waals surface area contributed by atoms with Crippen LogP contribution in [0.2, 0.25) is 0 Å². The second kappa shape index (κ2) is 3.54. The highest BCUT2D eigenvalue weighted by atomic mass is 19.4. The molecule has 1 atom stereocenters. The Kier molecular flexibility index (Phi) is 3.28. The van der Waals surface area contributed by atoms with Gasteiger partial charge in [0, 0.05) is 6.42 Å². The van der Waals surface area contributed by atoms with Crippen LogP contribution in [0.5, 0.6) is 0 Å². The van der Waals surface area contributed by atoms with Gasteiger partial charge < -0.3 is 4.74 Å². The van der Waals surface area contributed by atoms with E-state index in [1.54, 1.807) is 0 Å². The topological polar surface area (TPSA) is 26.3 Å². The van der Waals surface area contributed by atoms with E-state index in [9.17, 15) is 22.4 Å². The van der Waals surface area contributed by atoms with E-state index < -0.39 is 24.9 Å². The number of carbonyl (C=O) groups is 1. The van der Waals surface area contributed by atoms with Crippen molar-refractivity contribution in [3.05, 3.63) is 6.92 Å². The minimum atomic E-state index is -5.15. The minimum absolute atomic E-state index is 0.531. The summed E-state index contributed by atoms with van der Waals surface area (Å²) >= 11 is 0. The summed E-state index contributed by atoms with van der Waals surface area (Å²) in [5.41, 5.74) is 0. The van der Waals surface area contributed by atoms with Crippen LogP contribution in [0.4, 0.5) is 17.6 Å². The number of carbonyl (C=O) groups excluding carboxylic acids is 1. The van der Waals surface area contributed by atoms with Crippen LogP contribution >= 0.6 is 0 Å². The van der Waals surface area contributed by atoms with Gasteiger partial charge in [0.25, 0.3) is 0 Å². The van der Waals surface area contributed by atoms with Crippen molar-refractivity contribution in [3.8, 4) is 0 Å². The summed E-state index contributed by atoms with van der Waals surface area (Å²) in [5.74, 6) is -1.32. The summed E-state index contributed by atoms with van der Waals surface area (Å²) in [6, 6.07) is 0. The summed E-state index contributed by atoms with van der Waals surface area (Å²) in [6.45, 7) is 2.91. The predicted octanol–water partition coefficient (Wildman–Crippen LogP) is 1.61. The van der Waals surface area contributed by atoms with Crippen LogP contribution in [0.25, 0.3) is 0 Å². The Morgan fingerprint density at radius 1 is 1.55 bits per heavy atom. The number of hydrogen-bond donors (Lipinski definition) is 0. The average molecular weight is 173 g/mol. The molecular formula is C5H5F4O2. The van der Waals surface area contributed by atoms with E-state index in [0.29, 0.717) is 0 Å². The molecule has 0 bridgehead atoms. The van der Waals surface area contributed by atoms with Crippen molar-refractivity contribution in [1.82, 2.24) is 0 Å². The van der Waals surface area contributed by atoms with Gasteiger partial charge in [0.2, 0.25) is 0 Å². The van der Waals surface area contributed by atoms with Crippen molar-refractivity contribution in [3.63, 3.8) is 0 Å². The van der Waals surface area contributed by atoms with E-state index in [1.807, 2.05) is 0 Å². The summed E-state index contributed by atoms with van der Waals surface area (Å²) in [5, 5.41) is 0. The molecule has 0 saturated carbocycles. The lowest BCUT2D eigenvalue weighted by atomic mass is 10.5. The third-order valence-electron chi connectivity index (χ3n) is 0.696. The highest BCUT2D eigenvalue weighted by Crippen LogP contribution is 2.23. The average Bonchev–Trinajstić information content (AvgIpc) is 1.85. The first-order valence-corrected chi connectivity index (χ1v) is 2.57. The number of alkyl halides is 4. The van der Waals surface area contributed by atoms with Crippen molar-refractivity contribution in [2.24, 2.45) is 0 Å². The van der Waals surface area contributed by atoms with Gasteiger partial charge in [0.15, 0.2) is 0 Å². The van der Waals surface area contributed by atoms with Crippen molar-refractivity contribution < 1.29 is 27.1 Å². The molecule has 0 N–H and O–H groups in total. The zero-order chi connectivity index (χ0) is 9.07. The predicted molar refractivity (Wildman–Crippen MR) is 27.0 cm³/mol. The summed E-state index contributed by atoms with van der Waals surface area (Å²) < 4.78 is 48.8. The first kappa shape index (κ1) is 10.2. The van der Waals surface area contributed by atoms with Gasteiger partial charge in [-0.05, 0) is 6.92 Å². The minimum Gasteiger partial charge on any atom is -0.421 e. The molecular weight excluding hydrogens is 168 g/mol. The Balaban J connectivity index is 3.87. The maximum Gasteiger partial charge on any atom is 0.457 e. The highest BCUT2D eigenvalue weighted by molar-refractivity contribution is 5.69. The maximum atomic E-state index is 11.8. The van der Waals surface area contributed by atoms with Crippen molar-refractivity contribution in [1.29, 1.82) is 0 Å². The molecule has 0 aliphatic carbocycles. The molecule has 0 rings (SSSR count). The first-order valence-electron chi connectivity index (χ1n) is 2.57. The highest BCUT2D eigenvalue weighted by Gasteiger charge is 2.43. The van der Waals surface area contributed by atoms with Crippen molar-refractivity contribution in [2.75, 3.05) is 0 Å². The molecule has 11 heavy (non-hydrogen) atoms. The lowest BCUT2D eigenvalue weighted by Gasteiger charge is -2.11. The summed E-state index contributed by atoms with van der Waals surface area (Å²) in [6.07, 6.45) is -9.22. The van der Waals surface area contributed by atoms with E-state index in [0.717, 1.165) is 0 Å². The van der Waals surface area contributed by atoms with Crippen LogP contribution in [-0.4, -0.2) is 18.5 Å². The van der Waals surface area contributed by atoms with E-state index in [-0.39, 0.29) is 0 Å². The van der Waals surface area contributed by atoms with Gasteiger partial charge in [-0.3, -0.25) is 4.79 Å². The van der Waals surface area contributed by atoms with Gasteiger partial charge in [-0.15, -0.1) is 0 Å². The number of halogens is 4. The standard InChI is InChI=1S/C5H5F4O2/c1-2-3(10)11-4(6)5(7,8)9/h4H,1-2H2. The molecule has 0 fully saturated rings. The monoisotopic (exact) mass is 173 g/mol. The molecule has 0 saturated heterocycles. The van der Waals surface area contributed by atoms with Crippen LogP contribution < -0.4 is 0 Å². The zero-order valence-electron chi connectivity index (χ0n) is 5.32. The van der Waals surface area contributed by atoms with E-state index >= 15 is 0 Å². The normalized spacial score (nSPS) is 14.3. The van der Waals surface area contributed by atoms with Gasteiger partial charge in [0.05, 0.1) is 0 Å². The Bertz CT molecular complexity index is 142. The molecule has 0 aromatic rings. The maximum absolute atomic E-state index is 11.8. The number of esters is 1.